The van der Waals surface area contributed by atoms with Crippen molar-refractivity contribution < 1.29 is 19.0 Å². The molecule has 142 valence electrons. The maximum absolute atomic E-state index is 12.1. The summed E-state index contributed by atoms with van der Waals surface area (Å²) in [6, 6.07) is 6.58. The molecule has 8 heteroatoms. The lowest BCUT2D eigenvalue weighted by molar-refractivity contribution is -0.0657. The molecule has 1 aromatic carbocycles. The zero-order chi connectivity index (χ0) is 19.4. The molecule has 1 aliphatic heterocycles. The van der Waals surface area contributed by atoms with Gasteiger partial charge in [-0.1, -0.05) is 12.2 Å². The summed E-state index contributed by atoms with van der Waals surface area (Å²) in [7, 11) is 1.55. The van der Waals surface area contributed by atoms with Gasteiger partial charge in [0.1, 0.15) is 24.7 Å². The number of ether oxygens (including phenoxy) is 3. The highest BCUT2D eigenvalue weighted by atomic mass is 16.6. The predicted octanol–water partition coefficient (Wildman–Crippen LogP) is 1.55. The fourth-order valence-electron chi connectivity index (χ4n) is 2.69. The molecule has 0 saturated carbocycles. The molecule has 27 heavy (non-hydrogen) atoms. The monoisotopic (exact) mass is 372 g/mol. The number of aromatic nitrogens is 2. The minimum absolute atomic E-state index is 0.00888. The van der Waals surface area contributed by atoms with Gasteiger partial charge in [-0.05, 0) is 31.2 Å². The van der Waals surface area contributed by atoms with E-state index in [4.69, 9.17) is 14.2 Å². The van der Waals surface area contributed by atoms with Gasteiger partial charge >= 0.3 is 11.7 Å². The number of nitrogens with zero attached hydrogens (tertiary/aromatic N) is 1. The van der Waals surface area contributed by atoms with Gasteiger partial charge in [-0.3, -0.25) is 14.3 Å². The maximum Gasteiger partial charge on any atom is 0.338 e. The summed E-state index contributed by atoms with van der Waals surface area (Å²) in [5.41, 5.74) is -0.151. The van der Waals surface area contributed by atoms with E-state index in [1.807, 2.05) is 6.08 Å². The third-order valence-electron chi connectivity index (χ3n) is 4.18. The largest absolute Gasteiger partial charge is 0.497 e. The van der Waals surface area contributed by atoms with Crippen LogP contribution in [0.3, 0.4) is 0 Å². The molecule has 0 radical (unpaired) electrons. The van der Waals surface area contributed by atoms with E-state index in [0.717, 1.165) is 0 Å². The van der Waals surface area contributed by atoms with Crippen LogP contribution in [0.5, 0.6) is 5.75 Å². The summed E-state index contributed by atoms with van der Waals surface area (Å²) in [5.74, 6) is 0.170. The molecular weight excluding hydrogens is 352 g/mol. The third-order valence-corrected chi connectivity index (χ3v) is 4.18. The Morgan fingerprint density at radius 1 is 1.30 bits per heavy atom. The lowest BCUT2D eigenvalue weighted by atomic mass is 10.2. The van der Waals surface area contributed by atoms with Crippen LogP contribution in [-0.4, -0.2) is 35.3 Å². The van der Waals surface area contributed by atoms with Crippen molar-refractivity contribution >= 4 is 5.97 Å². The number of aryl methyl sites for hydroxylation is 1. The smallest absolute Gasteiger partial charge is 0.338 e. The Hall–Kier alpha value is -3.13. The third kappa shape index (κ3) is 4.35. The van der Waals surface area contributed by atoms with Crippen molar-refractivity contribution in [2.45, 2.75) is 25.7 Å². The molecule has 0 aliphatic carbocycles. The second kappa shape index (κ2) is 8.05. The van der Waals surface area contributed by atoms with Gasteiger partial charge in [-0.25, -0.2) is 9.59 Å². The van der Waals surface area contributed by atoms with Crippen molar-refractivity contribution in [3.05, 3.63) is 74.6 Å². The minimum Gasteiger partial charge on any atom is -0.497 e. The molecule has 1 N–H and O–H groups in total. The number of esters is 1. The van der Waals surface area contributed by atoms with Crippen molar-refractivity contribution in [2.75, 3.05) is 13.7 Å². The van der Waals surface area contributed by atoms with E-state index in [1.54, 1.807) is 44.4 Å². The van der Waals surface area contributed by atoms with Gasteiger partial charge < -0.3 is 14.2 Å². The maximum atomic E-state index is 12.1. The highest BCUT2D eigenvalue weighted by Gasteiger charge is 2.22. The molecule has 0 bridgehead atoms. The number of hydrogen-bond acceptors (Lipinski definition) is 6. The standard InChI is InChI=1S/C19H20N2O6/c1-12-10-21(19(24)20-17(12)22)16-5-3-4-15(27-16)11-26-18(23)13-6-8-14(25-2)9-7-13/h3-4,6-10,15-16H,5,11H2,1-2H3,(H,20,22,24)/t15-,16+/m0/s1. The summed E-state index contributed by atoms with van der Waals surface area (Å²) in [5, 5.41) is 0. The van der Waals surface area contributed by atoms with Crippen molar-refractivity contribution in [3.63, 3.8) is 0 Å². The first-order valence-corrected chi connectivity index (χ1v) is 8.43. The summed E-state index contributed by atoms with van der Waals surface area (Å²) in [6.45, 7) is 1.62. The van der Waals surface area contributed by atoms with Gasteiger partial charge in [-0.15, -0.1) is 0 Å². The zero-order valence-electron chi connectivity index (χ0n) is 15.0. The lowest BCUT2D eigenvalue weighted by Gasteiger charge is -2.27. The van der Waals surface area contributed by atoms with Gasteiger partial charge in [0.05, 0.1) is 12.7 Å². The van der Waals surface area contributed by atoms with Crippen LogP contribution in [0.2, 0.25) is 0 Å². The van der Waals surface area contributed by atoms with Crippen molar-refractivity contribution in [2.24, 2.45) is 0 Å². The number of carbonyl (C=O) groups is 1. The lowest BCUT2D eigenvalue weighted by Crippen LogP contribution is -2.37. The van der Waals surface area contributed by atoms with E-state index in [-0.39, 0.29) is 6.61 Å². The predicted molar refractivity (Wildman–Crippen MR) is 97.0 cm³/mol. The van der Waals surface area contributed by atoms with Crippen LogP contribution in [0.15, 0.2) is 52.2 Å². The van der Waals surface area contributed by atoms with Crippen molar-refractivity contribution in [1.82, 2.24) is 9.55 Å². The summed E-state index contributed by atoms with van der Waals surface area (Å²) < 4.78 is 17.5. The average molecular weight is 372 g/mol. The Labute approximate surface area is 155 Å². The van der Waals surface area contributed by atoms with Gasteiger partial charge in [0.25, 0.3) is 5.56 Å². The molecule has 2 atom stereocenters. The molecule has 1 aliphatic rings. The van der Waals surface area contributed by atoms with Gasteiger partial charge in [0.15, 0.2) is 0 Å². The first-order valence-electron chi connectivity index (χ1n) is 8.43. The van der Waals surface area contributed by atoms with Crippen LogP contribution >= 0.6 is 0 Å². The average Bonchev–Trinajstić information content (AvgIpc) is 2.69. The molecule has 0 spiro atoms. The van der Waals surface area contributed by atoms with Crippen LogP contribution in [0, 0.1) is 6.92 Å². The first kappa shape index (κ1) is 18.7. The minimum atomic E-state index is -0.581. The van der Waals surface area contributed by atoms with Crippen LogP contribution < -0.4 is 16.0 Å². The number of carbonyl (C=O) groups excluding carboxylic acids is 1. The first-order chi connectivity index (χ1) is 13.0. The van der Waals surface area contributed by atoms with Crippen molar-refractivity contribution in [1.29, 1.82) is 0 Å². The summed E-state index contributed by atoms with van der Waals surface area (Å²) in [4.78, 5) is 37.9. The number of methoxy groups -OCH3 is 1. The SMILES string of the molecule is COc1ccc(C(=O)OC[C@@H]2C=CC[C@H](n3cc(C)c(=O)[nH]c3=O)O2)cc1. The molecule has 0 fully saturated rings. The van der Waals surface area contributed by atoms with Gasteiger partial charge in [0.2, 0.25) is 0 Å². The normalized spacial score (nSPS) is 18.9. The Morgan fingerprint density at radius 2 is 2.04 bits per heavy atom. The topological polar surface area (TPSA) is 99.6 Å². The number of benzene rings is 1. The van der Waals surface area contributed by atoms with E-state index < -0.39 is 29.6 Å². The Morgan fingerprint density at radius 3 is 2.74 bits per heavy atom. The highest BCUT2D eigenvalue weighted by Crippen LogP contribution is 2.21. The van der Waals surface area contributed by atoms with Crippen LogP contribution in [0.4, 0.5) is 0 Å². The Bertz CT molecular complexity index is 957. The van der Waals surface area contributed by atoms with Crippen LogP contribution in [0.1, 0.15) is 28.6 Å². The molecule has 8 nitrogen and oxygen atoms in total. The van der Waals surface area contributed by atoms with E-state index >= 15 is 0 Å². The molecule has 0 amide bonds. The fraction of sp³-hybridized carbons (Fsp3) is 0.316. The number of rotatable bonds is 5. The number of aromatic amines is 1. The van der Waals surface area contributed by atoms with Gasteiger partial charge in [-0.2, -0.15) is 0 Å². The second-order valence-corrected chi connectivity index (χ2v) is 6.10. The van der Waals surface area contributed by atoms with Crippen LogP contribution in [0.25, 0.3) is 0 Å². The molecule has 2 aromatic rings. The number of hydrogen-bond donors (Lipinski definition) is 1. The van der Waals surface area contributed by atoms with E-state index in [2.05, 4.69) is 4.98 Å². The summed E-state index contributed by atoms with van der Waals surface area (Å²) >= 11 is 0. The van der Waals surface area contributed by atoms with E-state index in [0.29, 0.717) is 23.3 Å². The molecule has 1 aromatic heterocycles. The quantitative estimate of drug-likeness (QED) is 0.632. The van der Waals surface area contributed by atoms with Gasteiger partial charge in [0, 0.05) is 18.2 Å². The van der Waals surface area contributed by atoms with Crippen LogP contribution in [-0.2, 0) is 9.47 Å². The molecule has 0 unspecified atom stereocenters. The summed E-state index contributed by atoms with van der Waals surface area (Å²) in [6.07, 6.45) is 4.49. The zero-order valence-corrected chi connectivity index (χ0v) is 15.0. The fourth-order valence-corrected chi connectivity index (χ4v) is 2.69. The Kier molecular flexibility index (Phi) is 5.56. The van der Waals surface area contributed by atoms with E-state index in [9.17, 15) is 14.4 Å². The second-order valence-electron chi connectivity index (χ2n) is 6.10. The molecule has 3 rings (SSSR count). The number of H-pyrrole nitrogens is 1. The number of nitrogens with one attached hydrogen (secondary N) is 1. The molecular formula is C19H20N2O6. The molecule has 0 saturated heterocycles. The molecule has 2 heterocycles. The van der Waals surface area contributed by atoms with E-state index in [1.165, 1.54) is 10.8 Å². The van der Waals surface area contributed by atoms with Crippen molar-refractivity contribution in [3.8, 4) is 5.75 Å². The Balaban J connectivity index is 1.63. The highest BCUT2D eigenvalue weighted by molar-refractivity contribution is 5.89.